The summed E-state index contributed by atoms with van der Waals surface area (Å²) in [5.41, 5.74) is 3.34. The number of halogens is 1. The average Bonchev–Trinajstić information content (AvgIpc) is 3.25. The molecule has 6 nitrogen and oxygen atoms in total. The number of hydrogen-bond donors (Lipinski definition) is 1. The molecule has 1 N–H and O–H groups in total. The predicted molar refractivity (Wildman–Crippen MR) is 119 cm³/mol. The van der Waals surface area contributed by atoms with Crippen LogP contribution in [-0.4, -0.2) is 36.7 Å². The molecule has 0 aliphatic carbocycles. The van der Waals surface area contributed by atoms with Crippen LogP contribution in [0.1, 0.15) is 34.5 Å². The largest absolute Gasteiger partial charge is 0.322 e. The van der Waals surface area contributed by atoms with Gasteiger partial charge in [-0.1, -0.05) is 23.2 Å². The molecule has 1 aliphatic rings. The Labute approximate surface area is 180 Å². The summed E-state index contributed by atoms with van der Waals surface area (Å²) < 4.78 is 27.3. The van der Waals surface area contributed by atoms with Crippen LogP contribution in [0, 0.1) is 13.8 Å². The fourth-order valence-electron chi connectivity index (χ4n) is 3.70. The number of carbonyl (C=O) groups is 1. The number of benzene rings is 2. The van der Waals surface area contributed by atoms with Gasteiger partial charge in [0.05, 0.1) is 16.1 Å². The van der Waals surface area contributed by atoms with E-state index in [-0.39, 0.29) is 15.8 Å². The predicted octanol–water partition coefficient (Wildman–Crippen LogP) is 4.54. The first-order valence-corrected chi connectivity index (χ1v) is 11.6. The van der Waals surface area contributed by atoms with E-state index in [0.29, 0.717) is 24.3 Å². The molecule has 0 atom stereocenters. The van der Waals surface area contributed by atoms with Gasteiger partial charge in [0, 0.05) is 29.9 Å². The fourth-order valence-corrected chi connectivity index (χ4v) is 5.72. The van der Waals surface area contributed by atoms with Gasteiger partial charge in [-0.05, 0) is 63.1 Å². The van der Waals surface area contributed by atoms with Gasteiger partial charge < -0.3 is 5.32 Å². The molecule has 0 unspecified atom stereocenters. The lowest BCUT2D eigenvalue weighted by Crippen LogP contribution is -2.28. The van der Waals surface area contributed by atoms with Gasteiger partial charge in [-0.25, -0.2) is 8.42 Å². The number of carbonyl (C=O) groups excluding carboxylic acids is 1. The topological polar surface area (TPSA) is 79.4 Å². The number of aromatic nitrogens is 1. The molecular formula is C22H22ClN3O3S. The molecule has 0 radical (unpaired) electrons. The Morgan fingerprint density at radius 1 is 1.07 bits per heavy atom. The first-order chi connectivity index (χ1) is 14.3. The Hall–Kier alpha value is -2.48. The third kappa shape index (κ3) is 3.93. The number of nitrogens with zero attached hydrogens (tertiary/aromatic N) is 2. The van der Waals surface area contributed by atoms with Crippen molar-refractivity contribution < 1.29 is 13.2 Å². The van der Waals surface area contributed by atoms with Crippen LogP contribution in [0.2, 0.25) is 5.02 Å². The standard InChI is InChI=1S/C22H22ClN3O3S/c1-14-5-8-20-17(11-14)18(12-15(2)24-20)22(27)25-16-6-7-19(23)21(13-16)30(28,29)26-9-3-4-10-26/h5-8,11-13H,3-4,9-10H2,1-2H3,(H,25,27). The van der Waals surface area contributed by atoms with Crippen molar-refractivity contribution in [1.82, 2.24) is 9.29 Å². The summed E-state index contributed by atoms with van der Waals surface area (Å²) in [5.74, 6) is -0.331. The second-order valence-corrected chi connectivity index (χ2v) is 9.86. The molecule has 1 aromatic heterocycles. The molecule has 0 saturated carbocycles. The molecule has 2 heterocycles. The summed E-state index contributed by atoms with van der Waals surface area (Å²) in [6.07, 6.45) is 1.67. The Morgan fingerprint density at radius 2 is 1.80 bits per heavy atom. The number of pyridine rings is 1. The van der Waals surface area contributed by atoms with Gasteiger partial charge in [0.2, 0.25) is 10.0 Å². The summed E-state index contributed by atoms with van der Waals surface area (Å²) >= 11 is 6.20. The monoisotopic (exact) mass is 443 g/mol. The minimum atomic E-state index is -3.70. The summed E-state index contributed by atoms with van der Waals surface area (Å²) in [5, 5.41) is 3.71. The van der Waals surface area contributed by atoms with Crippen LogP contribution < -0.4 is 5.32 Å². The van der Waals surface area contributed by atoms with E-state index in [9.17, 15) is 13.2 Å². The molecule has 1 saturated heterocycles. The SMILES string of the molecule is Cc1ccc2nc(C)cc(C(=O)Nc3ccc(Cl)c(S(=O)(=O)N4CCCC4)c3)c2c1. The van der Waals surface area contributed by atoms with Crippen LogP contribution in [0.5, 0.6) is 0 Å². The molecule has 2 aromatic carbocycles. The zero-order chi connectivity index (χ0) is 21.5. The Morgan fingerprint density at radius 3 is 2.53 bits per heavy atom. The molecule has 30 heavy (non-hydrogen) atoms. The van der Waals surface area contributed by atoms with Gasteiger partial charge >= 0.3 is 0 Å². The van der Waals surface area contributed by atoms with Gasteiger partial charge in [-0.3, -0.25) is 9.78 Å². The van der Waals surface area contributed by atoms with E-state index < -0.39 is 10.0 Å². The number of amides is 1. The average molecular weight is 444 g/mol. The van der Waals surface area contributed by atoms with E-state index in [1.54, 1.807) is 12.1 Å². The van der Waals surface area contributed by atoms with E-state index in [1.807, 2.05) is 32.0 Å². The second-order valence-electron chi connectivity index (χ2n) is 7.54. The number of fused-ring (bicyclic) bond motifs is 1. The molecule has 0 spiro atoms. The number of rotatable bonds is 4. The Bertz CT molecular complexity index is 1250. The van der Waals surface area contributed by atoms with E-state index in [2.05, 4.69) is 10.3 Å². The van der Waals surface area contributed by atoms with Crippen LogP contribution in [0.25, 0.3) is 10.9 Å². The van der Waals surface area contributed by atoms with Gasteiger partial charge in [0.25, 0.3) is 5.91 Å². The van der Waals surface area contributed by atoms with Crippen molar-refractivity contribution in [1.29, 1.82) is 0 Å². The van der Waals surface area contributed by atoms with Crippen molar-refractivity contribution in [2.45, 2.75) is 31.6 Å². The quantitative estimate of drug-likeness (QED) is 0.641. The van der Waals surface area contributed by atoms with E-state index in [0.717, 1.165) is 35.0 Å². The van der Waals surface area contributed by atoms with Crippen LogP contribution in [0.15, 0.2) is 47.4 Å². The molecule has 4 rings (SSSR count). The van der Waals surface area contributed by atoms with E-state index in [4.69, 9.17) is 11.6 Å². The fraction of sp³-hybridized carbons (Fsp3) is 0.273. The summed E-state index contributed by atoms with van der Waals surface area (Å²) in [7, 11) is -3.70. The summed E-state index contributed by atoms with van der Waals surface area (Å²) in [6, 6.07) is 12.0. The zero-order valence-electron chi connectivity index (χ0n) is 16.8. The highest BCUT2D eigenvalue weighted by atomic mass is 35.5. The number of nitrogens with one attached hydrogen (secondary N) is 1. The zero-order valence-corrected chi connectivity index (χ0v) is 18.3. The normalized spacial score (nSPS) is 14.9. The van der Waals surface area contributed by atoms with E-state index >= 15 is 0 Å². The van der Waals surface area contributed by atoms with Gasteiger partial charge in [0.1, 0.15) is 4.90 Å². The van der Waals surface area contributed by atoms with Gasteiger partial charge in [0.15, 0.2) is 0 Å². The first kappa shape index (κ1) is 20.8. The third-order valence-corrected chi connectivity index (χ3v) is 7.59. The maximum atomic E-state index is 13.1. The molecule has 0 bridgehead atoms. The van der Waals surface area contributed by atoms with Crippen molar-refractivity contribution in [3.05, 3.63) is 64.3 Å². The van der Waals surface area contributed by atoms with Crippen molar-refractivity contribution in [3.63, 3.8) is 0 Å². The highest BCUT2D eigenvalue weighted by molar-refractivity contribution is 7.89. The van der Waals surface area contributed by atoms with Crippen molar-refractivity contribution in [2.24, 2.45) is 0 Å². The lowest BCUT2D eigenvalue weighted by Gasteiger charge is -2.17. The summed E-state index contributed by atoms with van der Waals surface area (Å²) in [6.45, 7) is 4.75. The summed E-state index contributed by atoms with van der Waals surface area (Å²) in [4.78, 5) is 17.6. The molecule has 1 aliphatic heterocycles. The van der Waals surface area contributed by atoms with E-state index in [1.165, 1.54) is 16.4 Å². The molecule has 3 aromatic rings. The van der Waals surface area contributed by atoms with Crippen LogP contribution in [0.4, 0.5) is 5.69 Å². The number of sulfonamides is 1. The molecule has 1 amide bonds. The molecule has 8 heteroatoms. The number of anilines is 1. The molecule has 1 fully saturated rings. The smallest absolute Gasteiger partial charge is 0.256 e. The maximum absolute atomic E-state index is 13.1. The minimum absolute atomic E-state index is 0.00970. The van der Waals surface area contributed by atoms with Crippen LogP contribution in [-0.2, 0) is 10.0 Å². The lowest BCUT2D eigenvalue weighted by atomic mass is 10.0. The minimum Gasteiger partial charge on any atom is -0.322 e. The van der Waals surface area contributed by atoms with Crippen LogP contribution >= 0.6 is 11.6 Å². The van der Waals surface area contributed by atoms with Crippen molar-refractivity contribution in [2.75, 3.05) is 18.4 Å². The molecule has 156 valence electrons. The Balaban J connectivity index is 1.70. The first-order valence-electron chi connectivity index (χ1n) is 9.75. The highest BCUT2D eigenvalue weighted by Gasteiger charge is 2.29. The lowest BCUT2D eigenvalue weighted by molar-refractivity contribution is 0.102. The van der Waals surface area contributed by atoms with Crippen molar-refractivity contribution >= 4 is 44.1 Å². The maximum Gasteiger partial charge on any atom is 0.256 e. The van der Waals surface area contributed by atoms with Gasteiger partial charge in [-0.2, -0.15) is 4.31 Å². The third-order valence-electron chi connectivity index (χ3n) is 5.21. The molecular weight excluding hydrogens is 422 g/mol. The van der Waals surface area contributed by atoms with Crippen molar-refractivity contribution in [3.8, 4) is 0 Å². The second kappa shape index (κ2) is 7.98. The number of aryl methyl sites for hydroxylation is 2. The Kier molecular flexibility index (Phi) is 5.53. The van der Waals surface area contributed by atoms with Crippen LogP contribution in [0.3, 0.4) is 0 Å². The van der Waals surface area contributed by atoms with Gasteiger partial charge in [-0.15, -0.1) is 0 Å². The number of hydrogen-bond acceptors (Lipinski definition) is 4. The highest BCUT2D eigenvalue weighted by Crippen LogP contribution is 2.30.